The van der Waals surface area contributed by atoms with Crippen molar-refractivity contribution in [2.45, 2.75) is 13.8 Å². The van der Waals surface area contributed by atoms with Crippen LogP contribution in [-0.4, -0.2) is 31.8 Å². The van der Waals surface area contributed by atoms with Crippen molar-refractivity contribution in [3.05, 3.63) is 59.5 Å². The van der Waals surface area contributed by atoms with Gasteiger partial charge in [0.25, 0.3) is 5.91 Å². The second-order valence-electron chi connectivity index (χ2n) is 5.80. The Balaban J connectivity index is 1.88. The minimum absolute atomic E-state index is 0.0532. The summed E-state index contributed by atoms with van der Waals surface area (Å²) in [6.45, 7) is 3.15. The van der Waals surface area contributed by atoms with Gasteiger partial charge in [-0.05, 0) is 42.8 Å². The molecule has 3 aromatic rings. The molecule has 9 nitrogen and oxygen atoms in total. The number of anilines is 2. The molecular weight excluding hydrogens is 358 g/mol. The van der Waals surface area contributed by atoms with Crippen LogP contribution in [0.4, 0.5) is 11.6 Å². The van der Waals surface area contributed by atoms with Crippen LogP contribution in [0.1, 0.15) is 28.7 Å². The van der Waals surface area contributed by atoms with Crippen molar-refractivity contribution in [3.63, 3.8) is 0 Å². The molecule has 0 unspecified atom stereocenters. The summed E-state index contributed by atoms with van der Waals surface area (Å²) >= 11 is 0. The van der Waals surface area contributed by atoms with Crippen LogP contribution >= 0.6 is 0 Å². The Labute approximate surface area is 160 Å². The second-order valence-corrected chi connectivity index (χ2v) is 5.80. The van der Waals surface area contributed by atoms with Gasteiger partial charge in [0.15, 0.2) is 5.82 Å². The second kappa shape index (κ2) is 8.01. The topological polar surface area (TPSA) is 134 Å². The van der Waals surface area contributed by atoms with E-state index in [0.29, 0.717) is 22.5 Å². The summed E-state index contributed by atoms with van der Waals surface area (Å²) in [4.78, 5) is 40.0. The Morgan fingerprint density at radius 1 is 1.07 bits per heavy atom. The van der Waals surface area contributed by atoms with Crippen LogP contribution in [0.5, 0.6) is 0 Å². The quantitative estimate of drug-likeness (QED) is 0.717. The van der Waals surface area contributed by atoms with Crippen LogP contribution in [0, 0.1) is 18.3 Å². The highest BCUT2D eigenvalue weighted by Crippen LogP contribution is 2.17. The van der Waals surface area contributed by atoms with E-state index >= 15 is 0 Å². The number of amides is 2. The number of hydrogen-bond donors (Lipinski definition) is 2. The molecule has 3 rings (SSSR count). The average Bonchev–Trinajstić information content (AvgIpc) is 2.68. The van der Waals surface area contributed by atoms with Gasteiger partial charge < -0.3 is 5.32 Å². The van der Waals surface area contributed by atoms with Gasteiger partial charge in [-0.15, -0.1) is 0 Å². The number of benzene rings is 1. The lowest BCUT2D eigenvalue weighted by atomic mass is 10.1. The van der Waals surface area contributed by atoms with E-state index in [2.05, 4.69) is 30.6 Å². The predicted octanol–water partition coefficient (Wildman–Crippen LogP) is 2.32. The number of carbonyl (C=O) groups is 2. The number of hydrogen-bond acceptors (Lipinski definition) is 7. The van der Waals surface area contributed by atoms with Crippen LogP contribution in [-0.2, 0) is 4.79 Å². The van der Waals surface area contributed by atoms with Gasteiger partial charge in [-0.25, -0.2) is 0 Å². The summed E-state index contributed by atoms with van der Waals surface area (Å²) < 4.78 is 0. The molecule has 2 N–H and O–H groups in total. The fraction of sp³-hybridized carbons (Fsp3) is 0.105. The molecule has 0 aliphatic carbocycles. The molecule has 2 aromatic heterocycles. The van der Waals surface area contributed by atoms with Gasteiger partial charge in [0.05, 0.1) is 0 Å². The Morgan fingerprint density at radius 2 is 1.89 bits per heavy atom. The number of nitrogens with zero attached hydrogens (tertiary/aromatic N) is 5. The van der Waals surface area contributed by atoms with E-state index in [4.69, 9.17) is 5.26 Å². The SMILES string of the molecule is CC(=O)Nc1ccc(C(=O)Nc2nc(C#N)nc(-c3ccccn3)n2)c(C)c1. The molecule has 138 valence electrons. The lowest BCUT2D eigenvalue weighted by Crippen LogP contribution is -2.17. The molecule has 0 atom stereocenters. The predicted molar refractivity (Wildman–Crippen MR) is 101 cm³/mol. The molecule has 0 saturated carbocycles. The lowest BCUT2D eigenvalue weighted by Gasteiger charge is -2.09. The summed E-state index contributed by atoms with van der Waals surface area (Å²) in [5.74, 6) is -0.659. The van der Waals surface area contributed by atoms with Crippen molar-refractivity contribution in [1.82, 2.24) is 19.9 Å². The summed E-state index contributed by atoms with van der Waals surface area (Å²) in [5, 5.41) is 14.4. The van der Waals surface area contributed by atoms with E-state index < -0.39 is 5.91 Å². The maximum absolute atomic E-state index is 12.6. The first-order chi connectivity index (χ1) is 13.5. The first-order valence-electron chi connectivity index (χ1n) is 8.23. The van der Waals surface area contributed by atoms with Crippen LogP contribution in [0.2, 0.25) is 0 Å². The Hall–Kier alpha value is -4.19. The van der Waals surface area contributed by atoms with Crippen molar-refractivity contribution in [3.8, 4) is 17.6 Å². The Bertz CT molecular complexity index is 1090. The van der Waals surface area contributed by atoms with Crippen molar-refractivity contribution in [1.29, 1.82) is 5.26 Å². The van der Waals surface area contributed by atoms with Gasteiger partial charge in [-0.3, -0.25) is 19.9 Å². The van der Waals surface area contributed by atoms with Gasteiger partial charge >= 0.3 is 0 Å². The molecule has 9 heteroatoms. The van der Waals surface area contributed by atoms with Crippen molar-refractivity contribution in [2.24, 2.45) is 0 Å². The highest BCUT2D eigenvalue weighted by Gasteiger charge is 2.15. The van der Waals surface area contributed by atoms with E-state index in [1.54, 1.807) is 49.5 Å². The number of rotatable bonds is 4. The molecule has 0 radical (unpaired) electrons. The number of nitrogens with one attached hydrogen (secondary N) is 2. The van der Waals surface area contributed by atoms with Crippen molar-refractivity contribution in [2.75, 3.05) is 10.6 Å². The normalized spacial score (nSPS) is 10.0. The molecule has 0 bridgehead atoms. The van der Waals surface area contributed by atoms with Gasteiger partial charge in [0.2, 0.25) is 17.7 Å². The number of pyridine rings is 1. The highest BCUT2D eigenvalue weighted by molar-refractivity contribution is 6.05. The maximum Gasteiger partial charge on any atom is 0.258 e. The fourth-order valence-corrected chi connectivity index (χ4v) is 2.46. The van der Waals surface area contributed by atoms with Gasteiger partial charge in [-0.2, -0.15) is 20.2 Å². The smallest absolute Gasteiger partial charge is 0.258 e. The molecule has 2 heterocycles. The molecule has 0 aliphatic rings. The van der Waals surface area contributed by atoms with E-state index in [-0.39, 0.29) is 23.5 Å². The molecule has 0 fully saturated rings. The molecule has 0 spiro atoms. The zero-order valence-corrected chi connectivity index (χ0v) is 15.1. The van der Waals surface area contributed by atoms with Gasteiger partial charge in [0.1, 0.15) is 11.8 Å². The van der Waals surface area contributed by atoms with Crippen molar-refractivity contribution < 1.29 is 9.59 Å². The number of carbonyl (C=O) groups excluding carboxylic acids is 2. The van der Waals surface area contributed by atoms with E-state index in [9.17, 15) is 9.59 Å². The molecule has 0 aliphatic heterocycles. The van der Waals surface area contributed by atoms with E-state index in [1.807, 2.05) is 6.07 Å². The molecule has 0 saturated heterocycles. The summed E-state index contributed by atoms with van der Waals surface area (Å²) in [7, 11) is 0. The average molecular weight is 373 g/mol. The fourth-order valence-electron chi connectivity index (χ4n) is 2.46. The lowest BCUT2D eigenvalue weighted by molar-refractivity contribution is -0.114. The third-order valence-corrected chi connectivity index (χ3v) is 3.65. The zero-order chi connectivity index (χ0) is 20.1. The number of aromatic nitrogens is 4. The molecule has 2 amide bonds. The summed E-state index contributed by atoms with van der Waals surface area (Å²) in [5.41, 5.74) is 2.08. The van der Waals surface area contributed by atoms with E-state index in [0.717, 1.165) is 0 Å². The first-order valence-corrected chi connectivity index (χ1v) is 8.23. The van der Waals surface area contributed by atoms with Gasteiger partial charge in [-0.1, -0.05) is 6.07 Å². The van der Waals surface area contributed by atoms with Crippen LogP contribution in [0.3, 0.4) is 0 Å². The number of aryl methyl sites for hydroxylation is 1. The minimum Gasteiger partial charge on any atom is -0.326 e. The largest absolute Gasteiger partial charge is 0.326 e. The minimum atomic E-state index is -0.450. The molecule has 1 aromatic carbocycles. The van der Waals surface area contributed by atoms with Crippen LogP contribution in [0.25, 0.3) is 11.5 Å². The highest BCUT2D eigenvalue weighted by atomic mass is 16.2. The van der Waals surface area contributed by atoms with Crippen LogP contribution in [0.15, 0.2) is 42.6 Å². The van der Waals surface area contributed by atoms with Gasteiger partial charge in [0, 0.05) is 24.4 Å². The Morgan fingerprint density at radius 3 is 2.54 bits per heavy atom. The van der Waals surface area contributed by atoms with Crippen LogP contribution < -0.4 is 10.6 Å². The van der Waals surface area contributed by atoms with E-state index in [1.165, 1.54) is 6.92 Å². The standard InChI is InChI=1S/C19H15N7O2/c1-11-9-13(22-12(2)27)6-7-14(11)18(28)26-19-24-16(10-20)23-17(25-19)15-5-3-4-8-21-15/h3-9H,1-2H3,(H,22,27)(H,23,24,25,26,28). The monoisotopic (exact) mass is 373 g/mol. The molecular formula is C19H15N7O2. The molecule has 28 heavy (non-hydrogen) atoms. The maximum atomic E-state index is 12.6. The summed E-state index contributed by atoms with van der Waals surface area (Å²) in [6.07, 6.45) is 1.57. The summed E-state index contributed by atoms with van der Waals surface area (Å²) in [6, 6.07) is 11.9. The third-order valence-electron chi connectivity index (χ3n) is 3.65. The zero-order valence-electron chi connectivity index (χ0n) is 15.1. The van der Waals surface area contributed by atoms with Crippen molar-refractivity contribution >= 4 is 23.5 Å². The number of nitriles is 1. The third kappa shape index (κ3) is 4.31. The first kappa shape index (κ1) is 18.6. The Kier molecular flexibility index (Phi) is 5.32.